The van der Waals surface area contributed by atoms with E-state index < -0.39 is 11.9 Å². The van der Waals surface area contributed by atoms with E-state index in [0.717, 1.165) is 0 Å². The first-order valence-corrected chi connectivity index (χ1v) is 6.51. The molecule has 4 nitrogen and oxygen atoms in total. The van der Waals surface area contributed by atoms with Gasteiger partial charge in [-0.3, -0.25) is 4.79 Å². The Balaban J connectivity index is 1.98. The number of benzene rings is 2. The van der Waals surface area contributed by atoms with Crippen LogP contribution in [0.15, 0.2) is 48.5 Å². The van der Waals surface area contributed by atoms with E-state index >= 15 is 0 Å². The lowest BCUT2D eigenvalue weighted by molar-refractivity contribution is -0.118. The van der Waals surface area contributed by atoms with Gasteiger partial charge in [0.2, 0.25) is 0 Å². The molecule has 0 radical (unpaired) electrons. The van der Waals surface area contributed by atoms with Gasteiger partial charge < -0.3 is 15.2 Å². The minimum Gasteiger partial charge on any atom is -0.483 e. The number of ether oxygens (including phenoxy) is 1. The Labute approximate surface area is 122 Å². The zero-order valence-electron chi connectivity index (χ0n) is 11.5. The molecular weight excluding hydrogens is 273 g/mol. The van der Waals surface area contributed by atoms with E-state index in [0.29, 0.717) is 11.3 Å². The topological polar surface area (TPSA) is 58.6 Å². The van der Waals surface area contributed by atoms with Crippen LogP contribution in [0, 0.1) is 5.82 Å². The van der Waals surface area contributed by atoms with E-state index in [2.05, 4.69) is 5.32 Å². The Bertz CT molecular complexity index is 614. The van der Waals surface area contributed by atoms with Gasteiger partial charge in [-0.2, -0.15) is 0 Å². The van der Waals surface area contributed by atoms with Crippen LogP contribution in [-0.4, -0.2) is 17.6 Å². The van der Waals surface area contributed by atoms with Gasteiger partial charge in [0, 0.05) is 11.3 Å². The van der Waals surface area contributed by atoms with Gasteiger partial charge in [0.25, 0.3) is 5.91 Å². The fourth-order valence-corrected chi connectivity index (χ4v) is 1.84. The standard InChI is InChI=1S/C16H16FNO3/c1-11(19)14-9-12(17)7-8-15(14)21-10-16(20)18-13-5-3-2-4-6-13/h2-9,11,19H,10H2,1H3,(H,18,20)/t11-/m1/s1. The van der Waals surface area contributed by atoms with Crippen molar-refractivity contribution in [1.29, 1.82) is 0 Å². The molecule has 0 aliphatic heterocycles. The van der Waals surface area contributed by atoms with E-state index in [1.165, 1.54) is 25.1 Å². The van der Waals surface area contributed by atoms with Gasteiger partial charge in [-0.05, 0) is 37.3 Å². The molecule has 0 unspecified atom stereocenters. The van der Waals surface area contributed by atoms with Crippen LogP contribution in [-0.2, 0) is 4.79 Å². The summed E-state index contributed by atoms with van der Waals surface area (Å²) in [6, 6.07) is 12.8. The number of anilines is 1. The zero-order chi connectivity index (χ0) is 15.2. The predicted octanol–water partition coefficient (Wildman–Crippen LogP) is 2.90. The van der Waals surface area contributed by atoms with Crippen LogP contribution in [0.25, 0.3) is 0 Å². The lowest BCUT2D eigenvalue weighted by Gasteiger charge is -2.13. The molecule has 0 saturated heterocycles. The number of carbonyl (C=O) groups is 1. The Hall–Kier alpha value is -2.40. The van der Waals surface area contributed by atoms with Crippen molar-refractivity contribution < 1.29 is 19.0 Å². The lowest BCUT2D eigenvalue weighted by atomic mass is 10.1. The average Bonchev–Trinajstić information content (AvgIpc) is 2.47. The summed E-state index contributed by atoms with van der Waals surface area (Å²) in [4.78, 5) is 11.8. The molecule has 0 aliphatic rings. The Kier molecular flexibility index (Phi) is 4.90. The molecule has 2 aromatic rings. The molecule has 2 N–H and O–H groups in total. The second kappa shape index (κ2) is 6.85. The second-order valence-electron chi connectivity index (χ2n) is 4.56. The summed E-state index contributed by atoms with van der Waals surface area (Å²) >= 11 is 0. The van der Waals surface area contributed by atoms with Crippen molar-refractivity contribution in [2.45, 2.75) is 13.0 Å². The maximum Gasteiger partial charge on any atom is 0.262 e. The number of aliphatic hydroxyl groups is 1. The van der Waals surface area contributed by atoms with Crippen LogP contribution in [0.4, 0.5) is 10.1 Å². The summed E-state index contributed by atoms with van der Waals surface area (Å²) in [5.74, 6) is -0.510. The van der Waals surface area contributed by atoms with Crippen LogP contribution in [0.5, 0.6) is 5.75 Å². The van der Waals surface area contributed by atoms with Gasteiger partial charge in [0.1, 0.15) is 11.6 Å². The molecule has 2 rings (SSSR count). The highest BCUT2D eigenvalue weighted by atomic mass is 19.1. The number of aliphatic hydroxyl groups excluding tert-OH is 1. The van der Waals surface area contributed by atoms with Crippen molar-refractivity contribution in [3.05, 3.63) is 59.9 Å². The summed E-state index contributed by atoms with van der Waals surface area (Å²) in [5, 5.41) is 12.3. The first-order chi connectivity index (χ1) is 10.1. The van der Waals surface area contributed by atoms with Crippen LogP contribution in [0.2, 0.25) is 0 Å². The first kappa shape index (κ1) is 15.0. The Morgan fingerprint density at radius 2 is 2.00 bits per heavy atom. The van der Waals surface area contributed by atoms with E-state index in [4.69, 9.17) is 4.74 Å². The maximum absolute atomic E-state index is 13.1. The van der Waals surface area contributed by atoms with Crippen molar-refractivity contribution in [3.8, 4) is 5.75 Å². The SMILES string of the molecule is C[C@@H](O)c1cc(F)ccc1OCC(=O)Nc1ccccc1. The van der Waals surface area contributed by atoms with Crippen molar-refractivity contribution in [2.75, 3.05) is 11.9 Å². The van der Waals surface area contributed by atoms with Crippen LogP contribution < -0.4 is 10.1 Å². The van der Waals surface area contributed by atoms with E-state index in [-0.39, 0.29) is 18.3 Å². The second-order valence-corrected chi connectivity index (χ2v) is 4.56. The molecule has 110 valence electrons. The molecule has 0 aliphatic carbocycles. The smallest absolute Gasteiger partial charge is 0.262 e. The zero-order valence-corrected chi connectivity index (χ0v) is 11.5. The summed E-state index contributed by atoms with van der Waals surface area (Å²) < 4.78 is 18.5. The van der Waals surface area contributed by atoms with Gasteiger partial charge in [0.05, 0.1) is 6.10 Å². The molecular formula is C16H16FNO3. The number of halogens is 1. The van der Waals surface area contributed by atoms with Crippen molar-refractivity contribution in [1.82, 2.24) is 0 Å². The highest BCUT2D eigenvalue weighted by Gasteiger charge is 2.12. The summed E-state index contributed by atoms with van der Waals surface area (Å²) in [5.41, 5.74) is 0.975. The van der Waals surface area contributed by atoms with Gasteiger partial charge >= 0.3 is 0 Å². The number of hydrogen-bond acceptors (Lipinski definition) is 3. The number of nitrogens with one attached hydrogen (secondary N) is 1. The minimum absolute atomic E-state index is 0.222. The fourth-order valence-electron chi connectivity index (χ4n) is 1.84. The quantitative estimate of drug-likeness (QED) is 0.889. The van der Waals surface area contributed by atoms with Gasteiger partial charge in [-0.1, -0.05) is 18.2 Å². The molecule has 0 fully saturated rings. The predicted molar refractivity (Wildman–Crippen MR) is 77.6 cm³/mol. The molecule has 0 spiro atoms. The number of amides is 1. The number of hydrogen-bond donors (Lipinski definition) is 2. The number of rotatable bonds is 5. The highest BCUT2D eigenvalue weighted by molar-refractivity contribution is 5.91. The molecule has 21 heavy (non-hydrogen) atoms. The molecule has 1 atom stereocenters. The van der Waals surface area contributed by atoms with Crippen molar-refractivity contribution in [2.24, 2.45) is 0 Å². The molecule has 2 aromatic carbocycles. The Morgan fingerprint density at radius 1 is 1.29 bits per heavy atom. The fraction of sp³-hybridized carbons (Fsp3) is 0.188. The monoisotopic (exact) mass is 289 g/mol. The summed E-state index contributed by atoms with van der Waals surface area (Å²) in [7, 11) is 0. The first-order valence-electron chi connectivity index (χ1n) is 6.51. The molecule has 0 bridgehead atoms. The van der Waals surface area contributed by atoms with E-state index in [9.17, 15) is 14.3 Å². The van der Waals surface area contributed by atoms with Crippen LogP contribution in [0.1, 0.15) is 18.6 Å². The number of para-hydroxylation sites is 1. The largest absolute Gasteiger partial charge is 0.483 e. The van der Waals surface area contributed by atoms with Crippen LogP contribution >= 0.6 is 0 Å². The summed E-state index contributed by atoms with van der Waals surface area (Å²) in [6.45, 7) is 1.28. The van der Waals surface area contributed by atoms with E-state index in [1.54, 1.807) is 12.1 Å². The molecule has 5 heteroatoms. The normalized spacial score (nSPS) is 11.8. The third kappa shape index (κ3) is 4.29. The third-order valence-corrected chi connectivity index (χ3v) is 2.84. The van der Waals surface area contributed by atoms with Gasteiger partial charge in [-0.15, -0.1) is 0 Å². The maximum atomic E-state index is 13.1. The third-order valence-electron chi connectivity index (χ3n) is 2.84. The number of carbonyl (C=O) groups excluding carboxylic acids is 1. The molecule has 0 aromatic heterocycles. The molecule has 0 heterocycles. The summed E-state index contributed by atoms with van der Waals surface area (Å²) in [6.07, 6.45) is -0.882. The minimum atomic E-state index is -0.882. The van der Waals surface area contributed by atoms with E-state index in [1.807, 2.05) is 18.2 Å². The Morgan fingerprint density at radius 3 is 2.67 bits per heavy atom. The van der Waals surface area contributed by atoms with Gasteiger partial charge in [0.15, 0.2) is 6.61 Å². The highest BCUT2D eigenvalue weighted by Crippen LogP contribution is 2.25. The van der Waals surface area contributed by atoms with Crippen molar-refractivity contribution >= 4 is 11.6 Å². The van der Waals surface area contributed by atoms with Crippen molar-refractivity contribution in [3.63, 3.8) is 0 Å². The van der Waals surface area contributed by atoms with Crippen LogP contribution in [0.3, 0.4) is 0 Å². The van der Waals surface area contributed by atoms with Gasteiger partial charge in [-0.25, -0.2) is 4.39 Å². The molecule has 0 saturated carbocycles. The lowest BCUT2D eigenvalue weighted by Crippen LogP contribution is -2.20. The molecule has 1 amide bonds. The average molecular weight is 289 g/mol.